The highest BCUT2D eigenvalue weighted by Crippen LogP contribution is 1.91. The fourth-order valence-corrected chi connectivity index (χ4v) is 0.639. The molecule has 1 rings (SSSR count). The van der Waals surface area contributed by atoms with Crippen molar-refractivity contribution in [1.29, 1.82) is 0 Å². The van der Waals surface area contributed by atoms with Gasteiger partial charge in [0.1, 0.15) is 6.33 Å². The Hall–Kier alpha value is -2.02. The number of hydroxylamine groups is 1. The van der Waals surface area contributed by atoms with Crippen molar-refractivity contribution < 1.29 is 19.5 Å². The number of carboxylic acids is 1. The van der Waals surface area contributed by atoms with Crippen molar-refractivity contribution in [3.8, 4) is 0 Å². The van der Waals surface area contributed by atoms with Gasteiger partial charge in [-0.2, -0.15) is 0 Å². The van der Waals surface area contributed by atoms with Crippen molar-refractivity contribution in [2.75, 3.05) is 6.61 Å². The van der Waals surface area contributed by atoms with Crippen LogP contribution in [0.2, 0.25) is 0 Å². The van der Waals surface area contributed by atoms with Crippen molar-refractivity contribution in [1.82, 2.24) is 15.4 Å². The number of carboxylic acid groups (broad SMARTS) is 1. The maximum atomic E-state index is 11.1. The summed E-state index contributed by atoms with van der Waals surface area (Å²) in [6, 6.07) is 0. The molecular formula is C7H7N3O4. The molecule has 2 N–H and O–H groups in total. The van der Waals surface area contributed by atoms with E-state index in [1.807, 2.05) is 5.48 Å². The molecular weight excluding hydrogens is 190 g/mol. The fourth-order valence-electron chi connectivity index (χ4n) is 0.639. The third kappa shape index (κ3) is 3.15. The maximum absolute atomic E-state index is 11.1. The topological polar surface area (TPSA) is 101 Å². The number of nitrogens with zero attached hydrogens (tertiary/aromatic N) is 2. The van der Waals surface area contributed by atoms with Crippen LogP contribution in [0.4, 0.5) is 0 Å². The summed E-state index contributed by atoms with van der Waals surface area (Å²) in [5, 5.41) is 8.20. The largest absolute Gasteiger partial charge is 0.479 e. The summed E-state index contributed by atoms with van der Waals surface area (Å²) in [6.45, 7) is -0.598. The van der Waals surface area contributed by atoms with Gasteiger partial charge in [0.05, 0.1) is 5.56 Å². The lowest BCUT2D eigenvalue weighted by atomic mass is 10.3. The first kappa shape index (κ1) is 10.1. The van der Waals surface area contributed by atoms with Gasteiger partial charge in [0.15, 0.2) is 6.61 Å². The molecule has 0 saturated heterocycles. The molecule has 0 aromatic carbocycles. The SMILES string of the molecule is O=C(O)CONC(=O)c1cncnc1. The standard InChI is InChI=1S/C7H7N3O4/c11-6(12)3-14-10-7(13)5-1-8-4-9-2-5/h1-2,4H,3H2,(H,10,13)(H,11,12). The van der Waals surface area contributed by atoms with Gasteiger partial charge in [-0.15, -0.1) is 0 Å². The first-order valence-electron chi connectivity index (χ1n) is 3.59. The summed E-state index contributed by atoms with van der Waals surface area (Å²) in [5.41, 5.74) is 2.12. The first-order chi connectivity index (χ1) is 6.70. The Labute approximate surface area is 78.7 Å². The molecule has 0 unspecified atom stereocenters. The van der Waals surface area contributed by atoms with Crippen molar-refractivity contribution in [2.45, 2.75) is 0 Å². The third-order valence-corrected chi connectivity index (χ3v) is 1.18. The zero-order valence-electron chi connectivity index (χ0n) is 7.01. The van der Waals surface area contributed by atoms with Gasteiger partial charge < -0.3 is 5.11 Å². The molecule has 0 fully saturated rings. The van der Waals surface area contributed by atoms with E-state index < -0.39 is 18.5 Å². The van der Waals surface area contributed by atoms with E-state index in [1.54, 1.807) is 0 Å². The average Bonchev–Trinajstić information content (AvgIpc) is 2.18. The fraction of sp³-hybridized carbons (Fsp3) is 0.143. The Kier molecular flexibility index (Phi) is 3.50. The molecule has 0 bridgehead atoms. The Morgan fingerprint density at radius 3 is 2.64 bits per heavy atom. The smallest absolute Gasteiger partial charge is 0.332 e. The van der Waals surface area contributed by atoms with E-state index in [1.165, 1.54) is 18.7 Å². The van der Waals surface area contributed by atoms with Gasteiger partial charge in [-0.25, -0.2) is 20.2 Å². The Bertz CT molecular complexity index is 327. The van der Waals surface area contributed by atoms with Gasteiger partial charge in [0, 0.05) is 12.4 Å². The molecule has 0 aliphatic heterocycles. The molecule has 1 amide bonds. The summed E-state index contributed by atoms with van der Waals surface area (Å²) >= 11 is 0. The summed E-state index contributed by atoms with van der Waals surface area (Å²) < 4.78 is 0. The van der Waals surface area contributed by atoms with Crippen LogP contribution in [0.25, 0.3) is 0 Å². The number of carbonyl (C=O) groups excluding carboxylic acids is 1. The number of aromatic nitrogens is 2. The van der Waals surface area contributed by atoms with Crippen LogP contribution in [0.5, 0.6) is 0 Å². The van der Waals surface area contributed by atoms with Crippen LogP contribution in [0.1, 0.15) is 10.4 Å². The molecule has 0 atom stereocenters. The van der Waals surface area contributed by atoms with Crippen LogP contribution in [-0.4, -0.2) is 33.6 Å². The van der Waals surface area contributed by atoms with Crippen molar-refractivity contribution in [3.63, 3.8) is 0 Å². The summed E-state index contributed by atoms with van der Waals surface area (Å²) in [5.74, 6) is -1.76. The van der Waals surface area contributed by atoms with E-state index in [0.717, 1.165) is 0 Å². The highest BCUT2D eigenvalue weighted by molar-refractivity contribution is 5.92. The molecule has 1 aromatic heterocycles. The lowest BCUT2D eigenvalue weighted by molar-refractivity contribution is -0.144. The van der Waals surface area contributed by atoms with Gasteiger partial charge in [-0.05, 0) is 0 Å². The van der Waals surface area contributed by atoms with Crippen LogP contribution in [0, 0.1) is 0 Å². The zero-order valence-corrected chi connectivity index (χ0v) is 7.01. The minimum atomic E-state index is -1.17. The molecule has 0 radical (unpaired) electrons. The minimum Gasteiger partial charge on any atom is -0.479 e. The Balaban J connectivity index is 2.40. The van der Waals surface area contributed by atoms with Gasteiger partial charge >= 0.3 is 5.97 Å². The van der Waals surface area contributed by atoms with Gasteiger partial charge in [-0.3, -0.25) is 9.63 Å². The number of aliphatic carboxylic acids is 1. The van der Waals surface area contributed by atoms with Crippen LogP contribution < -0.4 is 5.48 Å². The molecule has 0 saturated carbocycles. The molecule has 1 aromatic rings. The Morgan fingerprint density at radius 2 is 2.07 bits per heavy atom. The van der Waals surface area contributed by atoms with Gasteiger partial charge in [0.25, 0.3) is 5.91 Å². The summed E-state index contributed by atoms with van der Waals surface area (Å²) in [4.78, 5) is 32.7. The van der Waals surface area contributed by atoms with Crippen LogP contribution in [0.15, 0.2) is 18.7 Å². The number of hydrogen-bond donors (Lipinski definition) is 2. The van der Waals surface area contributed by atoms with Crippen molar-refractivity contribution in [2.24, 2.45) is 0 Å². The number of nitrogens with one attached hydrogen (secondary N) is 1. The van der Waals surface area contributed by atoms with E-state index in [-0.39, 0.29) is 5.56 Å². The molecule has 7 heteroatoms. The van der Waals surface area contributed by atoms with E-state index in [4.69, 9.17) is 5.11 Å². The number of carbonyl (C=O) groups is 2. The highest BCUT2D eigenvalue weighted by atomic mass is 16.7. The predicted octanol–water partition coefficient (Wildman–Crippen LogP) is -0.777. The van der Waals surface area contributed by atoms with Crippen molar-refractivity contribution >= 4 is 11.9 Å². The van der Waals surface area contributed by atoms with Gasteiger partial charge in [-0.1, -0.05) is 0 Å². The number of rotatable bonds is 4. The Morgan fingerprint density at radius 1 is 1.43 bits per heavy atom. The second kappa shape index (κ2) is 4.87. The predicted molar refractivity (Wildman–Crippen MR) is 43.1 cm³/mol. The van der Waals surface area contributed by atoms with E-state index in [0.29, 0.717) is 0 Å². The molecule has 0 spiro atoms. The van der Waals surface area contributed by atoms with Crippen LogP contribution in [-0.2, 0) is 9.63 Å². The van der Waals surface area contributed by atoms with E-state index in [9.17, 15) is 9.59 Å². The second-order valence-electron chi connectivity index (χ2n) is 2.24. The third-order valence-electron chi connectivity index (χ3n) is 1.18. The first-order valence-corrected chi connectivity index (χ1v) is 3.59. The average molecular weight is 197 g/mol. The highest BCUT2D eigenvalue weighted by Gasteiger charge is 2.06. The van der Waals surface area contributed by atoms with E-state index >= 15 is 0 Å². The molecule has 0 aliphatic carbocycles. The number of hydrogen-bond acceptors (Lipinski definition) is 5. The minimum absolute atomic E-state index is 0.192. The molecule has 74 valence electrons. The van der Waals surface area contributed by atoms with Crippen molar-refractivity contribution in [3.05, 3.63) is 24.3 Å². The summed E-state index contributed by atoms with van der Waals surface area (Å²) in [6.07, 6.45) is 3.84. The monoisotopic (exact) mass is 197 g/mol. The molecule has 7 nitrogen and oxygen atoms in total. The maximum Gasteiger partial charge on any atom is 0.332 e. The van der Waals surface area contributed by atoms with Crippen LogP contribution >= 0.6 is 0 Å². The normalized spacial score (nSPS) is 9.43. The lowest BCUT2D eigenvalue weighted by Crippen LogP contribution is -2.26. The molecule has 0 aliphatic rings. The van der Waals surface area contributed by atoms with Crippen LogP contribution in [0.3, 0.4) is 0 Å². The lowest BCUT2D eigenvalue weighted by Gasteiger charge is -2.01. The molecule has 1 heterocycles. The zero-order chi connectivity index (χ0) is 10.4. The second-order valence-corrected chi connectivity index (χ2v) is 2.24. The molecule has 14 heavy (non-hydrogen) atoms. The van der Waals surface area contributed by atoms with Gasteiger partial charge in [0.2, 0.25) is 0 Å². The summed E-state index contributed by atoms with van der Waals surface area (Å²) in [7, 11) is 0. The van der Waals surface area contributed by atoms with E-state index in [2.05, 4.69) is 14.8 Å². The quantitative estimate of drug-likeness (QED) is 0.614. The number of amides is 1.